The van der Waals surface area contributed by atoms with Crippen molar-refractivity contribution in [3.8, 4) is 0 Å². The fourth-order valence-electron chi connectivity index (χ4n) is 4.53. The van der Waals surface area contributed by atoms with Crippen molar-refractivity contribution < 1.29 is 9.32 Å². The normalized spacial score (nSPS) is 19.9. The number of hydrogen-bond donors (Lipinski definition) is 0. The van der Waals surface area contributed by atoms with E-state index in [4.69, 9.17) is 9.51 Å². The Labute approximate surface area is 166 Å². The van der Waals surface area contributed by atoms with Crippen molar-refractivity contribution in [3.05, 3.63) is 47.1 Å². The topological polar surface area (TPSA) is 62.5 Å². The van der Waals surface area contributed by atoms with Crippen molar-refractivity contribution in [1.29, 1.82) is 0 Å². The second-order valence-corrected chi connectivity index (χ2v) is 8.31. The van der Waals surface area contributed by atoms with Crippen molar-refractivity contribution in [1.82, 2.24) is 19.9 Å². The Morgan fingerprint density at radius 3 is 2.54 bits per heavy atom. The number of carbonyl (C=O) groups is 1. The van der Waals surface area contributed by atoms with E-state index in [2.05, 4.69) is 29.1 Å². The van der Waals surface area contributed by atoms with Gasteiger partial charge < -0.3 is 14.3 Å². The number of nitrogens with zero attached hydrogens (tertiary/aromatic N) is 4. The molecule has 0 aromatic carbocycles. The Morgan fingerprint density at radius 2 is 1.93 bits per heavy atom. The molecule has 4 heterocycles. The van der Waals surface area contributed by atoms with Gasteiger partial charge in [0.25, 0.3) is 5.91 Å². The van der Waals surface area contributed by atoms with Gasteiger partial charge in [0.1, 0.15) is 5.76 Å². The number of pyridine rings is 1. The van der Waals surface area contributed by atoms with Crippen molar-refractivity contribution in [3.63, 3.8) is 0 Å². The zero-order chi connectivity index (χ0) is 19.6. The fourth-order valence-corrected chi connectivity index (χ4v) is 4.53. The van der Waals surface area contributed by atoms with Crippen LogP contribution in [0.4, 0.5) is 0 Å². The summed E-state index contributed by atoms with van der Waals surface area (Å²) in [7, 11) is 0. The first kappa shape index (κ1) is 19.1. The Morgan fingerprint density at radius 1 is 1.18 bits per heavy atom. The van der Waals surface area contributed by atoms with E-state index in [-0.39, 0.29) is 11.3 Å². The number of hydrogen-bond acceptors (Lipinski definition) is 5. The SMILES string of the molecule is CCc1cc(C(=O)N2CCC(CN3CCCC3)(c3ccc(C)cn3)CC2)no1. The number of piperidine rings is 1. The minimum atomic E-state index is -0.0184. The van der Waals surface area contributed by atoms with E-state index in [0.29, 0.717) is 5.69 Å². The Balaban J connectivity index is 1.51. The summed E-state index contributed by atoms with van der Waals surface area (Å²) in [5.74, 6) is 0.739. The van der Waals surface area contributed by atoms with Gasteiger partial charge >= 0.3 is 0 Å². The Kier molecular flexibility index (Phi) is 5.49. The highest BCUT2D eigenvalue weighted by Gasteiger charge is 2.40. The van der Waals surface area contributed by atoms with Crippen molar-refractivity contribution in [2.45, 2.75) is 51.4 Å². The summed E-state index contributed by atoms with van der Waals surface area (Å²) in [6.45, 7) is 8.93. The molecule has 150 valence electrons. The van der Waals surface area contributed by atoms with Gasteiger partial charge in [-0.1, -0.05) is 18.1 Å². The van der Waals surface area contributed by atoms with E-state index in [0.717, 1.165) is 44.7 Å². The zero-order valence-electron chi connectivity index (χ0n) is 17.0. The van der Waals surface area contributed by atoms with Gasteiger partial charge in [-0.05, 0) is 57.3 Å². The largest absolute Gasteiger partial charge is 0.361 e. The van der Waals surface area contributed by atoms with E-state index in [1.165, 1.54) is 37.2 Å². The second kappa shape index (κ2) is 8.03. The maximum Gasteiger partial charge on any atom is 0.276 e. The molecule has 2 fully saturated rings. The van der Waals surface area contributed by atoms with Gasteiger partial charge in [0, 0.05) is 49.4 Å². The average molecular weight is 383 g/mol. The Hall–Kier alpha value is -2.21. The molecule has 0 atom stereocenters. The van der Waals surface area contributed by atoms with Crippen LogP contribution < -0.4 is 0 Å². The molecule has 2 saturated heterocycles. The molecular weight excluding hydrogens is 352 g/mol. The highest BCUT2D eigenvalue weighted by atomic mass is 16.5. The lowest BCUT2D eigenvalue weighted by Gasteiger charge is -2.43. The minimum Gasteiger partial charge on any atom is -0.361 e. The number of aromatic nitrogens is 2. The summed E-state index contributed by atoms with van der Waals surface area (Å²) >= 11 is 0. The second-order valence-electron chi connectivity index (χ2n) is 8.31. The van der Waals surface area contributed by atoms with Crippen molar-refractivity contribution in [2.24, 2.45) is 0 Å². The molecule has 2 aromatic heterocycles. The smallest absolute Gasteiger partial charge is 0.276 e. The zero-order valence-corrected chi connectivity index (χ0v) is 17.0. The van der Waals surface area contributed by atoms with E-state index in [1.807, 2.05) is 18.0 Å². The molecule has 2 aliphatic heterocycles. The molecule has 0 bridgehead atoms. The first-order valence-electron chi connectivity index (χ1n) is 10.5. The lowest BCUT2D eigenvalue weighted by molar-refractivity contribution is 0.0620. The minimum absolute atomic E-state index is 0.0184. The summed E-state index contributed by atoms with van der Waals surface area (Å²) in [4.78, 5) is 22.1. The summed E-state index contributed by atoms with van der Waals surface area (Å²) in [5.41, 5.74) is 2.81. The molecule has 0 radical (unpaired) electrons. The molecular formula is C22H30N4O2. The third-order valence-electron chi connectivity index (χ3n) is 6.31. The average Bonchev–Trinajstić information content (AvgIpc) is 3.40. The predicted molar refractivity (Wildman–Crippen MR) is 107 cm³/mol. The first-order chi connectivity index (χ1) is 13.6. The van der Waals surface area contributed by atoms with E-state index in [1.54, 1.807) is 6.07 Å². The maximum absolute atomic E-state index is 12.8. The van der Waals surface area contributed by atoms with Crippen LogP contribution in [0.2, 0.25) is 0 Å². The van der Waals surface area contributed by atoms with Gasteiger partial charge in [-0.15, -0.1) is 0 Å². The fraction of sp³-hybridized carbons (Fsp3) is 0.591. The third kappa shape index (κ3) is 3.83. The standard InChI is InChI=1S/C22H30N4O2/c1-3-18-14-19(24-28-18)21(27)26-12-8-22(9-13-26,16-25-10-4-5-11-25)20-7-6-17(2)15-23-20/h6-7,14-15H,3-5,8-13,16H2,1-2H3. The highest BCUT2D eigenvalue weighted by molar-refractivity contribution is 5.92. The monoisotopic (exact) mass is 382 g/mol. The molecule has 0 unspecified atom stereocenters. The van der Waals surface area contributed by atoms with E-state index in [9.17, 15) is 4.79 Å². The van der Waals surface area contributed by atoms with Crippen LogP contribution in [-0.2, 0) is 11.8 Å². The molecule has 0 saturated carbocycles. The van der Waals surface area contributed by atoms with Crippen LogP contribution >= 0.6 is 0 Å². The molecule has 2 aromatic rings. The molecule has 6 heteroatoms. The van der Waals surface area contributed by atoms with Crippen LogP contribution in [0.15, 0.2) is 28.9 Å². The predicted octanol–water partition coefficient (Wildman–Crippen LogP) is 3.21. The van der Waals surface area contributed by atoms with Crippen LogP contribution in [0.5, 0.6) is 0 Å². The van der Waals surface area contributed by atoms with Crippen molar-refractivity contribution >= 4 is 5.91 Å². The van der Waals surface area contributed by atoms with E-state index < -0.39 is 0 Å². The molecule has 28 heavy (non-hydrogen) atoms. The summed E-state index contributed by atoms with van der Waals surface area (Å²) in [6, 6.07) is 6.12. The lowest BCUT2D eigenvalue weighted by Crippen LogP contribution is -2.50. The number of amides is 1. The molecule has 2 aliphatic rings. The number of likely N-dealkylation sites (tertiary alicyclic amines) is 2. The van der Waals surface area contributed by atoms with Gasteiger partial charge in [-0.25, -0.2) is 0 Å². The number of carbonyl (C=O) groups excluding carboxylic acids is 1. The molecule has 4 rings (SSSR count). The summed E-state index contributed by atoms with van der Waals surface area (Å²) in [5, 5.41) is 3.96. The van der Waals surface area contributed by atoms with Gasteiger partial charge in [0.2, 0.25) is 0 Å². The third-order valence-corrected chi connectivity index (χ3v) is 6.31. The molecule has 1 amide bonds. The van der Waals surface area contributed by atoms with Crippen LogP contribution in [0.1, 0.15) is 60.1 Å². The molecule has 0 N–H and O–H groups in total. The maximum atomic E-state index is 12.8. The number of rotatable bonds is 5. The van der Waals surface area contributed by atoms with Crippen LogP contribution in [0.3, 0.4) is 0 Å². The van der Waals surface area contributed by atoms with Crippen LogP contribution in [-0.4, -0.2) is 58.6 Å². The summed E-state index contributed by atoms with van der Waals surface area (Å²) in [6.07, 6.45) is 7.16. The van der Waals surface area contributed by atoms with Gasteiger partial charge in [0.15, 0.2) is 5.69 Å². The first-order valence-corrected chi connectivity index (χ1v) is 10.5. The molecule has 0 aliphatic carbocycles. The van der Waals surface area contributed by atoms with Gasteiger partial charge in [-0.3, -0.25) is 9.78 Å². The van der Waals surface area contributed by atoms with Gasteiger partial charge in [0.05, 0.1) is 0 Å². The lowest BCUT2D eigenvalue weighted by atomic mass is 9.74. The van der Waals surface area contributed by atoms with Crippen molar-refractivity contribution in [2.75, 3.05) is 32.7 Å². The Bertz CT molecular complexity index is 800. The van der Waals surface area contributed by atoms with Gasteiger partial charge in [-0.2, -0.15) is 0 Å². The van der Waals surface area contributed by atoms with Crippen LogP contribution in [0, 0.1) is 6.92 Å². The summed E-state index contributed by atoms with van der Waals surface area (Å²) < 4.78 is 5.22. The molecule has 6 nitrogen and oxygen atoms in total. The van der Waals surface area contributed by atoms with Crippen LogP contribution in [0.25, 0.3) is 0 Å². The molecule has 0 spiro atoms. The van der Waals surface area contributed by atoms with E-state index >= 15 is 0 Å². The number of aryl methyl sites for hydroxylation is 2. The quantitative estimate of drug-likeness (QED) is 0.795. The highest BCUT2D eigenvalue weighted by Crippen LogP contribution is 2.36.